The van der Waals surface area contributed by atoms with E-state index in [4.69, 9.17) is 9.84 Å². The van der Waals surface area contributed by atoms with Crippen LogP contribution in [0.25, 0.3) is 0 Å². The lowest BCUT2D eigenvalue weighted by Gasteiger charge is -2.02. The Kier molecular flexibility index (Phi) is 3.28. The number of hydrogen-bond donors (Lipinski definition) is 1. The summed E-state index contributed by atoms with van der Waals surface area (Å²) < 4.78 is 21.0. The van der Waals surface area contributed by atoms with E-state index < -0.39 is 23.4 Å². The molecule has 0 spiro atoms. The van der Waals surface area contributed by atoms with E-state index in [0.717, 1.165) is 6.07 Å². The Morgan fingerprint density at radius 2 is 2.17 bits per heavy atom. The van der Waals surface area contributed by atoms with Gasteiger partial charge in [0.2, 0.25) is 0 Å². The highest BCUT2D eigenvalue weighted by Crippen LogP contribution is 2.17. The number of benzene rings is 1. The molecule has 8 heteroatoms. The minimum atomic E-state index is -1.38. The molecule has 1 heterocycles. The number of carbonyl (C=O) groups excluding carboxylic acids is 1. The summed E-state index contributed by atoms with van der Waals surface area (Å²) in [6.07, 6.45) is 0. The molecule has 6 nitrogen and oxygen atoms in total. The smallest absolute Gasteiger partial charge is 0.358 e. The second kappa shape index (κ2) is 4.88. The van der Waals surface area contributed by atoms with Crippen LogP contribution in [-0.4, -0.2) is 26.6 Å². The van der Waals surface area contributed by atoms with Gasteiger partial charge in [-0.3, -0.25) is 0 Å². The summed E-state index contributed by atoms with van der Waals surface area (Å²) in [5.74, 6) is -2.91. The van der Waals surface area contributed by atoms with Crippen molar-refractivity contribution in [2.45, 2.75) is 0 Å². The summed E-state index contributed by atoms with van der Waals surface area (Å²) in [4.78, 5) is 22.1. The highest BCUT2D eigenvalue weighted by molar-refractivity contribution is 7.08. The number of hydrogen-bond acceptors (Lipinski definition) is 6. The molecule has 0 aliphatic heterocycles. The number of nitrogens with zero attached hydrogens (tertiary/aromatic N) is 2. The van der Waals surface area contributed by atoms with Gasteiger partial charge in [0.25, 0.3) is 0 Å². The minimum absolute atomic E-state index is 0.0234. The SMILES string of the molecule is O=C(O)c1nnsc1C(=O)Oc1cccc(F)c1. The molecule has 1 aromatic carbocycles. The molecule has 2 aromatic rings. The van der Waals surface area contributed by atoms with Crippen molar-refractivity contribution in [1.29, 1.82) is 0 Å². The Labute approximate surface area is 104 Å². The summed E-state index contributed by atoms with van der Waals surface area (Å²) >= 11 is 0.599. The maximum atomic E-state index is 12.9. The van der Waals surface area contributed by atoms with E-state index >= 15 is 0 Å². The van der Waals surface area contributed by atoms with Crippen LogP contribution in [0.1, 0.15) is 20.2 Å². The van der Waals surface area contributed by atoms with Crippen molar-refractivity contribution < 1.29 is 23.8 Å². The number of ether oxygens (including phenoxy) is 1. The third-order valence-corrected chi connectivity index (χ3v) is 2.59. The first-order valence-corrected chi connectivity index (χ1v) is 5.38. The third kappa shape index (κ3) is 2.48. The molecule has 0 unspecified atom stereocenters. The van der Waals surface area contributed by atoms with Crippen LogP contribution < -0.4 is 4.74 Å². The summed E-state index contributed by atoms with van der Waals surface area (Å²) in [5.41, 5.74) is -0.485. The number of esters is 1. The standard InChI is InChI=1S/C10H5FN2O4S/c11-5-2-1-3-6(4-5)17-10(16)8-7(9(14)15)12-13-18-8/h1-4H,(H,14,15). The Morgan fingerprint density at radius 1 is 1.39 bits per heavy atom. The fourth-order valence-electron chi connectivity index (χ4n) is 1.15. The maximum Gasteiger partial charge on any atom is 0.358 e. The molecule has 0 saturated carbocycles. The Bertz CT molecular complexity index is 613. The van der Waals surface area contributed by atoms with Crippen LogP contribution in [0.3, 0.4) is 0 Å². The molecule has 92 valence electrons. The van der Waals surface area contributed by atoms with Gasteiger partial charge in [0.15, 0.2) is 10.6 Å². The number of carboxylic acids is 1. The lowest BCUT2D eigenvalue weighted by atomic mass is 10.3. The van der Waals surface area contributed by atoms with Gasteiger partial charge in [0.1, 0.15) is 11.6 Å². The van der Waals surface area contributed by atoms with Gasteiger partial charge in [-0.05, 0) is 23.7 Å². The molecule has 18 heavy (non-hydrogen) atoms. The van der Waals surface area contributed by atoms with Gasteiger partial charge in [0, 0.05) is 6.07 Å². The lowest BCUT2D eigenvalue weighted by molar-refractivity contribution is 0.0665. The van der Waals surface area contributed by atoms with E-state index in [-0.39, 0.29) is 10.6 Å². The number of carboxylic acid groups (broad SMARTS) is 1. The van der Waals surface area contributed by atoms with E-state index in [9.17, 15) is 14.0 Å². The molecule has 0 aliphatic carbocycles. The lowest BCUT2D eigenvalue weighted by Crippen LogP contribution is -2.12. The highest BCUT2D eigenvalue weighted by atomic mass is 32.1. The normalized spacial score (nSPS) is 10.1. The monoisotopic (exact) mass is 268 g/mol. The number of carbonyl (C=O) groups is 2. The molecule has 0 radical (unpaired) electrons. The van der Waals surface area contributed by atoms with Crippen molar-refractivity contribution >= 4 is 23.5 Å². The second-order valence-electron chi connectivity index (χ2n) is 3.10. The first kappa shape index (κ1) is 12.1. The van der Waals surface area contributed by atoms with Gasteiger partial charge in [-0.1, -0.05) is 10.6 Å². The summed E-state index contributed by atoms with van der Waals surface area (Å²) in [7, 11) is 0. The van der Waals surface area contributed by atoms with Crippen LogP contribution in [0.2, 0.25) is 0 Å². The van der Waals surface area contributed by atoms with Gasteiger partial charge in [-0.25, -0.2) is 14.0 Å². The van der Waals surface area contributed by atoms with Crippen LogP contribution in [0.5, 0.6) is 5.75 Å². The summed E-state index contributed by atoms with van der Waals surface area (Å²) in [6.45, 7) is 0. The van der Waals surface area contributed by atoms with E-state index in [1.165, 1.54) is 18.2 Å². The van der Waals surface area contributed by atoms with Crippen molar-refractivity contribution in [1.82, 2.24) is 9.59 Å². The van der Waals surface area contributed by atoms with E-state index in [0.29, 0.717) is 11.5 Å². The van der Waals surface area contributed by atoms with Crippen molar-refractivity contribution in [2.24, 2.45) is 0 Å². The molecule has 0 atom stereocenters. The van der Waals surface area contributed by atoms with E-state index in [2.05, 4.69) is 9.59 Å². The number of halogens is 1. The molecule has 1 N–H and O–H groups in total. The molecule has 2 rings (SSSR count). The fourth-order valence-corrected chi connectivity index (χ4v) is 1.68. The molecule has 0 aliphatic rings. The first-order chi connectivity index (χ1) is 8.58. The first-order valence-electron chi connectivity index (χ1n) is 4.61. The van der Waals surface area contributed by atoms with Crippen molar-refractivity contribution in [3.8, 4) is 5.75 Å². The second-order valence-corrected chi connectivity index (χ2v) is 3.86. The van der Waals surface area contributed by atoms with Crippen molar-refractivity contribution in [2.75, 3.05) is 0 Å². The number of rotatable bonds is 3. The predicted molar refractivity (Wildman–Crippen MR) is 58.2 cm³/mol. The fraction of sp³-hybridized carbons (Fsp3) is 0. The summed E-state index contributed by atoms with van der Waals surface area (Å²) in [6, 6.07) is 4.93. The van der Waals surface area contributed by atoms with E-state index in [1.807, 2.05) is 0 Å². The zero-order chi connectivity index (χ0) is 13.1. The Morgan fingerprint density at radius 3 is 2.83 bits per heavy atom. The topological polar surface area (TPSA) is 89.4 Å². The average molecular weight is 268 g/mol. The van der Waals surface area contributed by atoms with Crippen molar-refractivity contribution in [3.63, 3.8) is 0 Å². The van der Waals surface area contributed by atoms with Crippen LogP contribution in [0, 0.1) is 5.82 Å². The van der Waals surface area contributed by atoms with Gasteiger partial charge >= 0.3 is 11.9 Å². The zero-order valence-electron chi connectivity index (χ0n) is 8.66. The molecular formula is C10H5FN2O4S. The Balaban J connectivity index is 2.22. The molecule has 1 aromatic heterocycles. The molecule has 0 fully saturated rings. The predicted octanol–water partition coefficient (Wildman–Crippen LogP) is 1.59. The van der Waals surface area contributed by atoms with Gasteiger partial charge in [-0.15, -0.1) is 5.10 Å². The van der Waals surface area contributed by atoms with Gasteiger partial charge in [-0.2, -0.15) is 0 Å². The Hall–Kier alpha value is -2.35. The van der Waals surface area contributed by atoms with Crippen LogP contribution >= 0.6 is 11.5 Å². The van der Waals surface area contributed by atoms with Gasteiger partial charge in [0.05, 0.1) is 0 Å². The molecular weight excluding hydrogens is 263 g/mol. The van der Waals surface area contributed by atoms with Gasteiger partial charge < -0.3 is 9.84 Å². The highest BCUT2D eigenvalue weighted by Gasteiger charge is 2.23. The third-order valence-electron chi connectivity index (χ3n) is 1.88. The zero-order valence-corrected chi connectivity index (χ0v) is 9.48. The van der Waals surface area contributed by atoms with E-state index in [1.54, 1.807) is 0 Å². The number of aromatic carboxylic acids is 1. The quantitative estimate of drug-likeness (QED) is 0.671. The minimum Gasteiger partial charge on any atom is -0.476 e. The average Bonchev–Trinajstić information content (AvgIpc) is 2.77. The largest absolute Gasteiger partial charge is 0.476 e. The molecule has 0 amide bonds. The molecule has 0 saturated heterocycles. The van der Waals surface area contributed by atoms with Crippen LogP contribution in [0.15, 0.2) is 24.3 Å². The maximum absolute atomic E-state index is 12.9. The number of aromatic nitrogens is 2. The molecule has 0 bridgehead atoms. The van der Waals surface area contributed by atoms with Crippen LogP contribution in [-0.2, 0) is 0 Å². The summed E-state index contributed by atoms with van der Waals surface area (Å²) in [5, 5.41) is 12.0. The van der Waals surface area contributed by atoms with Crippen LogP contribution in [0.4, 0.5) is 4.39 Å². The van der Waals surface area contributed by atoms with Crippen molar-refractivity contribution in [3.05, 3.63) is 40.7 Å².